The molecule has 1 rings (SSSR count). The highest BCUT2D eigenvalue weighted by molar-refractivity contribution is 5.91. The van der Waals surface area contributed by atoms with E-state index in [-0.39, 0.29) is 23.5 Å². The average molecular weight is 278 g/mol. The van der Waals surface area contributed by atoms with Gasteiger partial charge in [-0.3, -0.25) is 9.59 Å². The topological polar surface area (TPSA) is 58.2 Å². The van der Waals surface area contributed by atoms with Gasteiger partial charge in [-0.25, -0.2) is 4.39 Å². The molecule has 2 amide bonds. The molecular formula is C15H19FN2O2. The van der Waals surface area contributed by atoms with Crippen LogP contribution < -0.4 is 10.6 Å². The Morgan fingerprint density at radius 2 is 1.85 bits per heavy atom. The van der Waals surface area contributed by atoms with E-state index < -0.39 is 0 Å². The summed E-state index contributed by atoms with van der Waals surface area (Å²) in [6.45, 7) is 4.30. The molecule has 0 radical (unpaired) electrons. The van der Waals surface area contributed by atoms with Crippen LogP contribution in [0.3, 0.4) is 0 Å². The summed E-state index contributed by atoms with van der Waals surface area (Å²) in [6, 6.07) is 6.20. The fraction of sp³-hybridized carbons (Fsp3) is 0.333. The Balaban J connectivity index is 2.31. The van der Waals surface area contributed by atoms with Crippen molar-refractivity contribution in [1.29, 1.82) is 0 Å². The summed E-state index contributed by atoms with van der Waals surface area (Å²) < 4.78 is 13.3. The number of halogens is 1. The maximum atomic E-state index is 13.3. The minimum Gasteiger partial charge on any atom is -0.354 e. The van der Waals surface area contributed by atoms with Crippen molar-refractivity contribution in [2.45, 2.75) is 13.8 Å². The highest BCUT2D eigenvalue weighted by Gasteiger charge is 2.05. The average Bonchev–Trinajstić information content (AvgIpc) is 2.42. The van der Waals surface area contributed by atoms with Gasteiger partial charge in [0.2, 0.25) is 11.8 Å². The lowest BCUT2D eigenvalue weighted by atomic mass is 10.2. The molecule has 1 aromatic carbocycles. The third kappa shape index (κ3) is 5.65. The molecule has 4 nitrogen and oxygen atoms in total. The Morgan fingerprint density at radius 1 is 1.20 bits per heavy atom. The van der Waals surface area contributed by atoms with Crippen molar-refractivity contribution in [3.05, 3.63) is 41.7 Å². The van der Waals surface area contributed by atoms with Crippen molar-refractivity contribution in [2.24, 2.45) is 5.92 Å². The van der Waals surface area contributed by atoms with Crippen molar-refractivity contribution >= 4 is 17.9 Å². The predicted octanol–water partition coefficient (Wildman–Crippen LogP) is 1.73. The lowest BCUT2D eigenvalue weighted by Crippen LogP contribution is -2.35. The van der Waals surface area contributed by atoms with Crippen LogP contribution in [0.2, 0.25) is 0 Å². The number of hydrogen-bond acceptors (Lipinski definition) is 2. The smallest absolute Gasteiger partial charge is 0.244 e. The largest absolute Gasteiger partial charge is 0.354 e. The minimum atomic E-state index is -0.374. The molecule has 108 valence electrons. The zero-order valence-electron chi connectivity index (χ0n) is 11.7. The van der Waals surface area contributed by atoms with Crippen molar-refractivity contribution < 1.29 is 14.0 Å². The monoisotopic (exact) mass is 278 g/mol. The summed E-state index contributed by atoms with van der Waals surface area (Å²) in [6.07, 6.45) is 2.68. The molecule has 20 heavy (non-hydrogen) atoms. The van der Waals surface area contributed by atoms with Crippen LogP contribution in [-0.2, 0) is 9.59 Å². The second kappa shape index (κ2) is 8.09. The lowest BCUT2D eigenvalue weighted by molar-refractivity contribution is -0.124. The Bertz CT molecular complexity index is 498. The van der Waals surface area contributed by atoms with E-state index in [9.17, 15) is 14.0 Å². The number of carbonyl (C=O) groups excluding carboxylic acids is 2. The molecular weight excluding hydrogens is 259 g/mol. The van der Waals surface area contributed by atoms with Gasteiger partial charge in [0.1, 0.15) is 5.82 Å². The van der Waals surface area contributed by atoms with Gasteiger partial charge in [0, 0.05) is 30.6 Å². The number of benzene rings is 1. The van der Waals surface area contributed by atoms with Crippen molar-refractivity contribution in [2.75, 3.05) is 13.1 Å². The standard InChI is InChI=1S/C15H19FN2O2/c1-11(2)15(20)18-10-9-17-14(19)8-7-12-5-3-4-6-13(12)16/h3-8,11H,9-10H2,1-2H3,(H,17,19)(H,18,20)/b8-7+. The van der Waals surface area contributed by atoms with Gasteiger partial charge in [0.05, 0.1) is 0 Å². The quantitative estimate of drug-likeness (QED) is 0.615. The van der Waals surface area contributed by atoms with Gasteiger partial charge in [0.25, 0.3) is 0 Å². The van der Waals surface area contributed by atoms with Crippen molar-refractivity contribution in [3.8, 4) is 0 Å². The highest BCUT2D eigenvalue weighted by atomic mass is 19.1. The molecule has 0 bridgehead atoms. The first-order chi connectivity index (χ1) is 9.50. The van der Waals surface area contributed by atoms with Crippen LogP contribution >= 0.6 is 0 Å². The summed E-state index contributed by atoms with van der Waals surface area (Å²) >= 11 is 0. The molecule has 5 heteroatoms. The van der Waals surface area contributed by atoms with Gasteiger partial charge in [-0.15, -0.1) is 0 Å². The van der Waals surface area contributed by atoms with Crippen molar-refractivity contribution in [3.63, 3.8) is 0 Å². The highest BCUT2D eigenvalue weighted by Crippen LogP contribution is 2.07. The molecule has 0 unspecified atom stereocenters. The molecule has 1 aromatic rings. The Hall–Kier alpha value is -2.17. The van der Waals surface area contributed by atoms with Gasteiger partial charge >= 0.3 is 0 Å². The van der Waals surface area contributed by atoms with Crippen LogP contribution in [0.1, 0.15) is 19.4 Å². The molecule has 0 heterocycles. The molecule has 0 saturated heterocycles. The van der Waals surface area contributed by atoms with Crippen LogP contribution in [0.15, 0.2) is 30.3 Å². The van der Waals surface area contributed by atoms with E-state index in [0.29, 0.717) is 18.7 Å². The van der Waals surface area contributed by atoms with Crippen LogP contribution in [-0.4, -0.2) is 24.9 Å². The van der Waals surface area contributed by atoms with Crippen LogP contribution in [0.25, 0.3) is 6.08 Å². The SMILES string of the molecule is CC(C)C(=O)NCCNC(=O)/C=C/c1ccccc1F. The molecule has 0 aliphatic carbocycles. The molecule has 0 aliphatic heterocycles. The number of amides is 2. The fourth-order valence-electron chi connectivity index (χ4n) is 1.41. The van der Waals surface area contributed by atoms with Crippen LogP contribution in [0.4, 0.5) is 4.39 Å². The maximum Gasteiger partial charge on any atom is 0.244 e. The maximum absolute atomic E-state index is 13.3. The molecule has 0 fully saturated rings. The summed E-state index contributed by atoms with van der Waals surface area (Å²) in [7, 11) is 0. The molecule has 0 spiro atoms. The van der Waals surface area contributed by atoms with Crippen LogP contribution in [0.5, 0.6) is 0 Å². The second-order valence-corrected chi connectivity index (χ2v) is 4.59. The number of hydrogen-bond donors (Lipinski definition) is 2. The summed E-state index contributed by atoms with van der Waals surface area (Å²) in [5.74, 6) is -0.833. The number of nitrogens with one attached hydrogen (secondary N) is 2. The van der Waals surface area contributed by atoms with Crippen molar-refractivity contribution in [1.82, 2.24) is 10.6 Å². The number of rotatable bonds is 6. The minimum absolute atomic E-state index is 0.0545. The molecule has 0 atom stereocenters. The number of carbonyl (C=O) groups is 2. The van der Waals surface area contributed by atoms with E-state index in [1.165, 1.54) is 18.2 Å². The third-order valence-corrected chi connectivity index (χ3v) is 2.57. The van der Waals surface area contributed by atoms with Gasteiger partial charge in [-0.05, 0) is 12.1 Å². The first kappa shape index (κ1) is 15.9. The zero-order valence-corrected chi connectivity index (χ0v) is 11.7. The Labute approximate surface area is 118 Å². The first-order valence-corrected chi connectivity index (χ1v) is 6.49. The van der Waals surface area contributed by atoms with Crippen LogP contribution in [0, 0.1) is 11.7 Å². The molecule has 2 N–H and O–H groups in total. The third-order valence-electron chi connectivity index (χ3n) is 2.57. The normalized spacial score (nSPS) is 10.8. The molecule has 0 saturated carbocycles. The van der Waals surface area contributed by atoms with Gasteiger partial charge in [0.15, 0.2) is 0 Å². The second-order valence-electron chi connectivity index (χ2n) is 4.59. The molecule has 0 aromatic heterocycles. The fourth-order valence-corrected chi connectivity index (χ4v) is 1.41. The summed E-state index contributed by atoms with van der Waals surface area (Å²) in [5, 5.41) is 5.29. The van der Waals surface area contributed by atoms with Gasteiger partial charge in [-0.2, -0.15) is 0 Å². The van der Waals surface area contributed by atoms with E-state index >= 15 is 0 Å². The van der Waals surface area contributed by atoms with E-state index in [1.807, 2.05) is 0 Å². The lowest BCUT2D eigenvalue weighted by Gasteiger charge is -2.07. The first-order valence-electron chi connectivity index (χ1n) is 6.49. The van der Waals surface area contributed by atoms with E-state index in [4.69, 9.17) is 0 Å². The van der Waals surface area contributed by atoms with Gasteiger partial charge in [-0.1, -0.05) is 32.0 Å². The Kier molecular flexibility index (Phi) is 6.43. The summed E-state index contributed by atoms with van der Waals surface area (Å²) in [5.41, 5.74) is 0.357. The van der Waals surface area contributed by atoms with E-state index in [0.717, 1.165) is 0 Å². The van der Waals surface area contributed by atoms with E-state index in [1.54, 1.807) is 32.0 Å². The van der Waals surface area contributed by atoms with E-state index in [2.05, 4.69) is 10.6 Å². The Morgan fingerprint density at radius 3 is 2.50 bits per heavy atom. The summed E-state index contributed by atoms with van der Waals surface area (Å²) in [4.78, 5) is 22.7. The van der Waals surface area contributed by atoms with Gasteiger partial charge < -0.3 is 10.6 Å². The molecule has 0 aliphatic rings. The predicted molar refractivity (Wildman–Crippen MR) is 76.3 cm³/mol. The zero-order chi connectivity index (χ0) is 15.0.